The summed E-state index contributed by atoms with van der Waals surface area (Å²) in [5.74, 6) is 0.555. The average Bonchev–Trinajstić information content (AvgIpc) is 2.95. The lowest BCUT2D eigenvalue weighted by Gasteiger charge is -2.36. The summed E-state index contributed by atoms with van der Waals surface area (Å²) in [4.78, 5) is 24.7. The largest absolute Gasteiger partial charge is 0.444 e. The molecule has 1 aromatic heterocycles. The first kappa shape index (κ1) is 22.9. The van der Waals surface area contributed by atoms with Crippen molar-refractivity contribution in [1.82, 2.24) is 14.8 Å². The summed E-state index contributed by atoms with van der Waals surface area (Å²) in [5, 5.41) is 3.22. The molecule has 1 aliphatic rings. The van der Waals surface area contributed by atoms with Gasteiger partial charge >= 0.3 is 6.09 Å². The molecule has 0 bridgehead atoms. The molecule has 9 heteroatoms. The number of thiazole rings is 1. The number of carbonyl (C=O) groups excluding carboxylic acids is 1. The van der Waals surface area contributed by atoms with Crippen molar-refractivity contribution in [1.29, 1.82) is 0 Å². The Morgan fingerprint density at radius 3 is 2.46 bits per heavy atom. The predicted molar refractivity (Wildman–Crippen MR) is 116 cm³/mol. The molecule has 2 rings (SSSR count). The highest BCUT2D eigenvalue weighted by Gasteiger charge is 2.26. The van der Waals surface area contributed by atoms with Crippen LogP contribution < -0.4 is 5.73 Å². The summed E-state index contributed by atoms with van der Waals surface area (Å²) in [6.07, 6.45) is 1.61. The third-order valence-corrected chi connectivity index (χ3v) is 4.77. The minimum atomic E-state index is -0.468. The fourth-order valence-corrected chi connectivity index (χ4v) is 3.30. The van der Waals surface area contributed by atoms with E-state index in [0.29, 0.717) is 38.7 Å². The molecule has 1 amide bonds. The lowest BCUT2D eigenvalue weighted by molar-refractivity contribution is 0.0186. The van der Waals surface area contributed by atoms with Gasteiger partial charge in [-0.25, -0.2) is 9.78 Å². The molecular weight excluding hydrogens is 465 g/mol. The molecule has 1 aliphatic heterocycles. The Bertz CT molecular complexity index is 607. The summed E-state index contributed by atoms with van der Waals surface area (Å²) in [7, 11) is 0. The number of piperazine rings is 1. The minimum absolute atomic E-state index is 0. The van der Waals surface area contributed by atoms with Gasteiger partial charge in [0.1, 0.15) is 5.60 Å². The Hall–Kier alpha value is -1.10. The monoisotopic (exact) mass is 495 g/mol. The Morgan fingerprint density at radius 2 is 1.92 bits per heavy atom. The Balaban J connectivity index is 0.00000338. The zero-order valence-electron chi connectivity index (χ0n) is 16.0. The lowest BCUT2D eigenvalue weighted by Crippen LogP contribution is -2.53. The molecule has 26 heavy (non-hydrogen) atoms. The standard InChI is InChI=1S/C17H29N5O2S.HI/c1-13-12-25-14(20-13)6-5-7-19-15(18)21-8-10-22(11-9-21)16(23)24-17(2,3)4;/h12H,5-11H2,1-4H3,(H2,18,19);1H. The normalized spacial score (nSPS) is 15.6. The molecule has 1 saturated heterocycles. The molecule has 0 aliphatic carbocycles. The summed E-state index contributed by atoms with van der Waals surface area (Å²) in [6, 6.07) is 0. The van der Waals surface area contributed by atoms with Crippen LogP contribution in [0.3, 0.4) is 0 Å². The zero-order valence-corrected chi connectivity index (χ0v) is 19.2. The van der Waals surface area contributed by atoms with E-state index in [0.717, 1.165) is 23.5 Å². The molecule has 2 N–H and O–H groups in total. The van der Waals surface area contributed by atoms with Crippen molar-refractivity contribution in [2.24, 2.45) is 10.7 Å². The molecule has 0 radical (unpaired) electrons. The number of halogens is 1. The van der Waals surface area contributed by atoms with Crippen LogP contribution in [0.1, 0.15) is 37.9 Å². The predicted octanol–water partition coefficient (Wildman–Crippen LogP) is 2.87. The molecule has 0 spiro atoms. The second-order valence-electron chi connectivity index (χ2n) is 7.18. The number of aliphatic imine (C=N–C) groups is 1. The smallest absolute Gasteiger partial charge is 0.410 e. The maximum atomic E-state index is 12.1. The Morgan fingerprint density at radius 1 is 1.31 bits per heavy atom. The summed E-state index contributed by atoms with van der Waals surface area (Å²) >= 11 is 1.69. The van der Waals surface area contributed by atoms with E-state index in [1.54, 1.807) is 16.2 Å². The van der Waals surface area contributed by atoms with Gasteiger partial charge in [-0.15, -0.1) is 35.3 Å². The number of aromatic nitrogens is 1. The van der Waals surface area contributed by atoms with Crippen molar-refractivity contribution in [3.63, 3.8) is 0 Å². The first-order valence-corrected chi connectivity index (χ1v) is 9.56. The van der Waals surface area contributed by atoms with E-state index in [9.17, 15) is 4.79 Å². The SMILES string of the molecule is Cc1csc(CCCN=C(N)N2CCN(C(=O)OC(C)(C)C)CC2)n1.I. The van der Waals surface area contributed by atoms with Gasteiger partial charge < -0.3 is 20.3 Å². The van der Waals surface area contributed by atoms with Gasteiger partial charge in [-0.1, -0.05) is 0 Å². The van der Waals surface area contributed by atoms with Gasteiger partial charge in [0.2, 0.25) is 0 Å². The fourth-order valence-electron chi connectivity index (χ4n) is 2.49. The maximum Gasteiger partial charge on any atom is 0.410 e. The minimum Gasteiger partial charge on any atom is -0.444 e. The number of amides is 1. The number of carbonyl (C=O) groups is 1. The molecule has 0 unspecified atom stereocenters. The number of aryl methyl sites for hydroxylation is 2. The van der Waals surface area contributed by atoms with Crippen molar-refractivity contribution in [3.05, 3.63) is 16.1 Å². The van der Waals surface area contributed by atoms with Crippen LogP contribution in [0.5, 0.6) is 0 Å². The number of nitrogens with two attached hydrogens (primary N) is 1. The maximum absolute atomic E-state index is 12.1. The van der Waals surface area contributed by atoms with Crippen molar-refractivity contribution in [2.75, 3.05) is 32.7 Å². The van der Waals surface area contributed by atoms with Gasteiger partial charge in [-0.05, 0) is 34.1 Å². The number of hydrogen-bond donors (Lipinski definition) is 1. The first-order valence-electron chi connectivity index (χ1n) is 8.68. The molecule has 0 saturated carbocycles. The number of guanidine groups is 1. The van der Waals surface area contributed by atoms with Crippen LogP contribution in [0.25, 0.3) is 0 Å². The molecular formula is C17H30IN5O2S. The van der Waals surface area contributed by atoms with Gasteiger partial charge in [0.15, 0.2) is 5.96 Å². The van der Waals surface area contributed by atoms with Crippen LogP contribution in [0.4, 0.5) is 4.79 Å². The molecule has 0 atom stereocenters. The van der Waals surface area contributed by atoms with Crippen LogP contribution in [0.2, 0.25) is 0 Å². The Labute approximate surface area is 177 Å². The molecule has 148 valence electrons. The highest BCUT2D eigenvalue weighted by molar-refractivity contribution is 14.0. The molecule has 7 nitrogen and oxygen atoms in total. The molecule has 2 heterocycles. The van der Waals surface area contributed by atoms with E-state index < -0.39 is 5.60 Å². The van der Waals surface area contributed by atoms with Gasteiger partial charge in [0.05, 0.1) is 5.01 Å². The quantitative estimate of drug-likeness (QED) is 0.301. The number of nitrogens with zero attached hydrogens (tertiary/aromatic N) is 4. The van der Waals surface area contributed by atoms with Crippen LogP contribution in [0, 0.1) is 6.92 Å². The number of rotatable bonds is 4. The van der Waals surface area contributed by atoms with Gasteiger partial charge in [-0.2, -0.15) is 0 Å². The van der Waals surface area contributed by atoms with E-state index in [2.05, 4.69) is 15.4 Å². The van der Waals surface area contributed by atoms with Crippen molar-refractivity contribution >= 4 is 47.4 Å². The van der Waals surface area contributed by atoms with E-state index >= 15 is 0 Å². The summed E-state index contributed by atoms with van der Waals surface area (Å²) < 4.78 is 5.40. The lowest BCUT2D eigenvalue weighted by atomic mass is 10.2. The topological polar surface area (TPSA) is 84.0 Å². The Kier molecular flexibility index (Phi) is 9.08. The van der Waals surface area contributed by atoms with Crippen LogP contribution >= 0.6 is 35.3 Å². The molecule has 1 aromatic rings. The highest BCUT2D eigenvalue weighted by Crippen LogP contribution is 2.12. The summed E-state index contributed by atoms with van der Waals surface area (Å²) in [6.45, 7) is 10.9. The first-order chi connectivity index (χ1) is 11.7. The summed E-state index contributed by atoms with van der Waals surface area (Å²) in [5.41, 5.74) is 6.69. The highest BCUT2D eigenvalue weighted by atomic mass is 127. The van der Waals surface area contributed by atoms with E-state index in [4.69, 9.17) is 10.5 Å². The average molecular weight is 495 g/mol. The van der Waals surface area contributed by atoms with E-state index in [1.807, 2.05) is 32.6 Å². The van der Waals surface area contributed by atoms with Gasteiger partial charge in [-0.3, -0.25) is 4.99 Å². The van der Waals surface area contributed by atoms with Crippen molar-refractivity contribution in [2.45, 2.75) is 46.1 Å². The van der Waals surface area contributed by atoms with Gasteiger partial charge in [0, 0.05) is 50.2 Å². The van der Waals surface area contributed by atoms with E-state index in [-0.39, 0.29) is 30.1 Å². The molecule has 0 aromatic carbocycles. The zero-order chi connectivity index (χ0) is 18.4. The van der Waals surface area contributed by atoms with E-state index in [1.165, 1.54) is 0 Å². The number of ether oxygens (including phenoxy) is 1. The second-order valence-corrected chi connectivity index (χ2v) is 8.12. The van der Waals surface area contributed by atoms with Crippen molar-refractivity contribution < 1.29 is 9.53 Å². The third kappa shape index (κ3) is 7.65. The third-order valence-electron chi connectivity index (χ3n) is 3.74. The van der Waals surface area contributed by atoms with Crippen LogP contribution in [0.15, 0.2) is 10.4 Å². The van der Waals surface area contributed by atoms with Crippen molar-refractivity contribution in [3.8, 4) is 0 Å². The van der Waals surface area contributed by atoms with Gasteiger partial charge in [0.25, 0.3) is 0 Å². The second kappa shape index (κ2) is 10.3. The fraction of sp³-hybridized carbons (Fsp3) is 0.706. The van der Waals surface area contributed by atoms with Crippen LogP contribution in [-0.2, 0) is 11.2 Å². The van der Waals surface area contributed by atoms with Crippen LogP contribution in [-0.4, -0.2) is 65.2 Å². The number of hydrogen-bond acceptors (Lipinski definition) is 5. The molecule has 1 fully saturated rings.